The molecule has 0 saturated carbocycles. The molecule has 12 heteroatoms. The van der Waals surface area contributed by atoms with Gasteiger partial charge in [-0.25, -0.2) is 4.79 Å². The van der Waals surface area contributed by atoms with Gasteiger partial charge < -0.3 is 36.6 Å². The Balaban J connectivity index is 2.12. The molecule has 3 amide bonds. The largest absolute Gasteiger partial charge is 0.508 e. The van der Waals surface area contributed by atoms with Crippen molar-refractivity contribution in [3.63, 3.8) is 0 Å². The molecular weight excluding hydrogens is 472 g/mol. The molecule has 0 spiro atoms. The minimum Gasteiger partial charge on any atom is -0.508 e. The molecule has 12 nitrogen and oxygen atoms in total. The van der Waals surface area contributed by atoms with Crippen LogP contribution in [0.3, 0.4) is 0 Å². The van der Waals surface area contributed by atoms with Gasteiger partial charge in [0.2, 0.25) is 17.7 Å². The number of aromatic hydroxyl groups is 1. The standard InChI is InChI=1S/C24H34N4O8/c1-13(2)20(28-21(32)16-4-3-11-25-16)23(34)26-17(9-10-19(30)31)22(33)27-18(24(35)36)12-14-5-7-15(29)8-6-14/h5-8,13,16-18,20,25,29H,3-4,9-12H2,1-2H3,(H,26,34)(H,27,33)(H,28,32)(H,30,31)(H,35,36). The van der Waals surface area contributed by atoms with Crippen LogP contribution in [-0.2, 0) is 30.4 Å². The fourth-order valence-electron chi connectivity index (χ4n) is 3.84. The van der Waals surface area contributed by atoms with E-state index < -0.39 is 54.3 Å². The van der Waals surface area contributed by atoms with E-state index in [2.05, 4.69) is 21.3 Å². The van der Waals surface area contributed by atoms with E-state index in [1.165, 1.54) is 24.3 Å². The van der Waals surface area contributed by atoms with Gasteiger partial charge in [0, 0.05) is 12.8 Å². The van der Waals surface area contributed by atoms with Gasteiger partial charge in [0.1, 0.15) is 23.9 Å². The van der Waals surface area contributed by atoms with Crippen molar-refractivity contribution in [2.75, 3.05) is 6.54 Å². The summed E-state index contributed by atoms with van der Waals surface area (Å²) in [6.45, 7) is 4.14. The summed E-state index contributed by atoms with van der Waals surface area (Å²) in [5.74, 6) is -4.72. The number of phenols is 1. The summed E-state index contributed by atoms with van der Waals surface area (Å²) in [6.07, 6.45) is 0.655. The Morgan fingerprint density at radius 3 is 2.14 bits per heavy atom. The fraction of sp³-hybridized carbons (Fsp3) is 0.542. The number of carbonyl (C=O) groups is 5. The van der Waals surface area contributed by atoms with Crippen LogP contribution < -0.4 is 21.3 Å². The third kappa shape index (κ3) is 8.84. The topological polar surface area (TPSA) is 194 Å². The smallest absolute Gasteiger partial charge is 0.326 e. The zero-order valence-electron chi connectivity index (χ0n) is 20.3. The van der Waals surface area contributed by atoms with E-state index in [1.54, 1.807) is 13.8 Å². The lowest BCUT2D eigenvalue weighted by Crippen LogP contribution is -2.58. The van der Waals surface area contributed by atoms with Crippen molar-refractivity contribution in [2.24, 2.45) is 5.92 Å². The molecule has 1 aliphatic heterocycles. The van der Waals surface area contributed by atoms with Gasteiger partial charge in [-0.15, -0.1) is 0 Å². The molecule has 4 atom stereocenters. The molecule has 36 heavy (non-hydrogen) atoms. The summed E-state index contributed by atoms with van der Waals surface area (Å²) in [7, 11) is 0. The molecule has 0 aromatic heterocycles. The van der Waals surface area contributed by atoms with E-state index in [4.69, 9.17) is 5.11 Å². The molecule has 4 unspecified atom stereocenters. The molecule has 7 N–H and O–H groups in total. The number of hydrogen-bond donors (Lipinski definition) is 7. The monoisotopic (exact) mass is 506 g/mol. The van der Waals surface area contributed by atoms with Crippen molar-refractivity contribution in [3.8, 4) is 5.75 Å². The molecule has 2 rings (SSSR count). The first kappa shape index (κ1) is 28.6. The van der Waals surface area contributed by atoms with Crippen molar-refractivity contribution < 1.29 is 39.3 Å². The van der Waals surface area contributed by atoms with E-state index in [0.29, 0.717) is 18.5 Å². The first-order chi connectivity index (χ1) is 17.0. The molecular formula is C24H34N4O8. The van der Waals surface area contributed by atoms with Gasteiger partial charge in [-0.2, -0.15) is 0 Å². The average molecular weight is 507 g/mol. The van der Waals surface area contributed by atoms with Gasteiger partial charge in [0.25, 0.3) is 0 Å². The number of phenolic OH excluding ortho intramolecular Hbond substituents is 1. The molecule has 1 fully saturated rings. The number of carboxylic acid groups (broad SMARTS) is 2. The minimum absolute atomic E-state index is 0.00150. The highest BCUT2D eigenvalue weighted by Gasteiger charge is 2.33. The van der Waals surface area contributed by atoms with Gasteiger partial charge in [-0.1, -0.05) is 26.0 Å². The van der Waals surface area contributed by atoms with Gasteiger partial charge in [-0.05, 0) is 49.4 Å². The summed E-state index contributed by atoms with van der Waals surface area (Å²) in [5, 5.41) is 38.6. The Morgan fingerprint density at radius 2 is 1.61 bits per heavy atom. The van der Waals surface area contributed by atoms with Gasteiger partial charge >= 0.3 is 11.9 Å². The van der Waals surface area contributed by atoms with Crippen LogP contribution >= 0.6 is 0 Å². The zero-order chi connectivity index (χ0) is 26.8. The number of aliphatic carboxylic acids is 2. The molecule has 1 saturated heterocycles. The normalized spacial score (nSPS) is 17.6. The van der Waals surface area contributed by atoms with Crippen LogP contribution in [0.4, 0.5) is 0 Å². The summed E-state index contributed by atoms with van der Waals surface area (Å²) < 4.78 is 0. The fourth-order valence-corrected chi connectivity index (χ4v) is 3.84. The molecule has 0 bridgehead atoms. The number of hydrogen-bond acceptors (Lipinski definition) is 7. The Kier molecular flexibility index (Phi) is 10.7. The highest BCUT2D eigenvalue weighted by atomic mass is 16.4. The minimum atomic E-state index is -1.36. The Labute approximate surface area is 208 Å². The second kappa shape index (κ2) is 13.4. The lowest BCUT2D eigenvalue weighted by atomic mass is 10.0. The summed E-state index contributed by atoms with van der Waals surface area (Å²) in [4.78, 5) is 61.4. The maximum absolute atomic E-state index is 13.0. The second-order valence-corrected chi connectivity index (χ2v) is 9.14. The van der Waals surface area contributed by atoms with Crippen molar-refractivity contribution in [3.05, 3.63) is 29.8 Å². The average Bonchev–Trinajstić information content (AvgIpc) is 3.35. The molecule has 198 valence electrons. The van der Waals surface area contributed by atoms with Crippen LogP contribution in [0.15, 0.2) is 24.3 Å². The molecule has 1 aromatic rings. The SMILES string of the molecule is CC(C)C(NC(=O)C1CCCN1)C(=O)NC(CCC(=O)O)C(=O)NC(Cc1ccc(O)cc1)C(=O)O. The summed E-state index contributed by atoms with van der Waals surface area (Å²) in [5.41, 5.74) is 0.537. The van der Waals surface area contributed by atoms with Crippen LogP contribution in [0.5, 0.6) is 5.75 Å². The van der Waals surface area contributed by atoms with Gasteiger partial charge in [-0.3, -0.25) is 19.2 Å². The molecule has 1 heterocycles. The zero-order valence-corrected chi connectivity index (χ0v) is 20.3. The number of nitrogens with one attached hydrogen (secondary N) is 4. The highest BCUT2D eigenvalue weighted by molar-refractivity contribution is 5.94. The summed E-state index contributed by atoms with van der Waals surface area (Å²) in [6, 6.07) is 1.69. The van der Waals surface area contributed by atoms with Crippen molar-refractivity contribution in [2.45, 2.75) is 70.1 Å². The van der Waals surface area contributed by atoms with E-state index in [9.17, 15) is 34.2 Å². The quantitative estimate of drug-likeness (QED) is 0.189. The van der Waals surface area contributed by atoms with Crippen LogP contribution in [0.1, 0.15) is 45.1 Å². The molecule has 0 radical (unpaired) electrons. The first-order valence-electron chi connectivity index (χ1n) is 11.8. The summed E-state index contributed by atoms with van der Waals surface area (Å²) >= 11 is 0. The van der Waals surface area contributed by atoms with E-state index in [0.717, 1.165) is 6.42 Å². The lowest BCUT2D eigenvalue weighted by molar-refractivity contribution is -0.143. The second-order valence-electron chi connectivity index (χ2n) is 9.14. The molecule has 1 aromatic carbocycles. The van der Waals surface area contributed by atoms with E-state index in [-0.39, 0.29) is 30.4 Å². The number of carbonyl (C=O) groups excluding carboxylic acids is 3. The maximum atomic E-state index is 13.0. The van der Waals surface area contributed by atoms with E-state index >= 15 is 0 Å². The van der Waals surface area contributed by atoms with Gasteiger partial charge in [0.05, 0.1) is 6.04 Å². The van der Waals surface area contributed by atoms with Gasteiger partial charge in [0.15, 0.2) is 0 Å². The number of amides is 3. The predicted octanol–water partition coefficient (Wildman–Crippen LogP) is -0.253. The number of rotatable bonds is 13. The number of carboxylic acids is 2. The third-order valence-electron chi connectivity index (χ3n) is 5.89. The maximum Gasteiger partial charge on any atom is 0.326 e. The predicted molar refractivity (Wildman–Crippen MR) is 128 cm³/mol. The van der Waals surface area contributed by atoms with Crippen LogP contribution in [0.2, 0.25) is 0 Å². The lowest BCUT2D eigenvalue weighted by Gasteiger charge is -2.27. The van der Waals surface area contributed by atoms with Crippen molar-refractivity contribution in [1.29, 1.82) is 0 Å². The van der Waals surface area contributed by atoms with Crippen molar-refractivity contribution in [1.82, 2.24) is 21.3 Å². The Hall–Kier alpha value is -3.67. The van der Waals surface area contributed by atoms with E-state index in [1.807, 2.05) is 0 Å². The van der Waals surface area contributed by atoms with Crippen LogP contribution in [0.25, 0.3) is 0 Å². The first-order valence-corrected chi connectivity index (χ1v) is 11.8. The third-order valence-corrected chi connectivity index (χ3v) is 5.89. The number of benzene rings is 1. The molecule has 1 aliphatic rings. The highest BCUT2D eigenvalue weighted by Crippen LogP contribution is 2.13. The Morgan fingerprint density at radius 1 is 0.972 bits per heavy atom. The van der Waals surface area contributed by atoms with Crippen LogP contribution in [0, 0.1) is 5.92 Å². The Bertz CT molecular complexity index is 944. The van der Waals surface area contributed by atoms with Crippen LogP contribution in [-0.4, -0.2) is 75.7 Å². The molecule has 0 aliphatic carbocycles. The van der Waals surface area contributed by atoms with Crippen molar-refractivity contribution >= 4 is 29.7 Å².